The van der Waals surface area contributed by atoms with Crippen molar-refractivity contribution in [3.8, 4) is 0 Å². The molecule has 0 atom stereocenters. The smallest absolute Gasteiger partial charge is 0.341 e. The Morgan fingerprint density at radius 3 is 2.24 bits per heavy atom. The van der Waals surface area contributed by atoms with Gasteiger partial charge in [0.2, 0.25) is 15.9 Å². The molecule has 1 fully saturated rings. The minimum atomic E-state index is -4.07. The lowest BCUT2D eigenvalue weighted by Crippen LogP contribution is -2.42. The monoisotopic (exact) mass is 427 g/mol. The van der Waals surface area contributed by atoms with Crippen molar-refractivity contribution in [1.82, 2.24) is 14.6 Å². The molecule has 8 nitrogen and oxygen atoms in total. The number of carbonyl (C=O) groups excluding carboxylic acids is 2. The highest BCUT2D eigenvalue weighted by atomic mass is 32.2. The predicted molar refractivity (Wildman–Crippen MR) is 110 cm³/mol. The number of amides is 1. The van der Waals surface area contributed by atoms with Crippen LogP contribution in [0.15, 0.2) is 4.90 Å². The van der Waals surface area contributed by atoms with Crippen LogP contribution in [0.25, 0.3) is 0 Å². The van der Waals surface area contributed by atoms with Crippen LogP contribution in [0, 0.1) is 13.8 Å². The molecule has 0 unspecified atom stereocenters. The van der Waals surface area contributed by atoms with E-state index < -0.39 is 16.0 Å². The van der Waals surface area contributed by atoms with E-state index in [2.05, 4.69) is 10.0 Å². The molecule has 164 valence electrons. The van der Waals surface area contributed by atoms with Gasteiger partial charge in [-0.1, -0.05) is 25.7 Å². The Bertz CT molecular complexity index is 837. The summed E-state index contributed by atoms with van der Waals surface area (Å²) in [5.41, 5.74) is 1.01. The first-order valence-corrected chi connectivity index (χ1v) is 11.9. The number of aromatic nitrogens is 1. The normalized spacial score (nSPS) is 15.7. The summed E-state index contributed by atoms with van der Waals surface area (Å²) < 4.78 is 35.2. The van der Waals surface area contributed by atoms with E-state index in [4.69, 9.17) is 4.74 Å². The van der Waals surface area contributed by atoms with Crippen LogP contribution in [0.1, 0.15) is 74.1 Å². The molecule has 1 amide bonds. The lowest BCUT2D eigenvalue weighted by molar-refractivity contribution is -0.120. The SMILES string of the molecule is CCOC(=O)c1c(S(=O)(=O)NCC(=O)NC2CCCCCC2)c(C)n(CC)c1C. The van der Waals surface area contributed by atoms with Gasteiger partial charge >= 0.3 is 5.97 Å². The largest absolute Gasteiger partial charge is 0.462 e. The van der Waals surface area contributed by atoms with Crippen LogP contribution in [0.2, 0.25) is 0 Å². The number of rotatable bonds is 8. The van der Waals surface area contributed by atoms with E-state index in [1.54, 1.807) is 25.3 Å². The molecule has 0 aliphatic heterocycles. The fourth-order valence-electron chi connectivity index (χ4n) is 4.04. The molecular weight excluding hydrogens is 394 g/mol. The van der Waals surface area contributed by atoms with Crippen LogP contribution in [0.5, 0.6) is 0 Å². The fraction of sp³-hybridized carbons (Fsp3) is 0.700. The molecule has 0 radical (unpaired) electrons. The van der Waals surface area contributed by atoms with Crippen molar-refractivity contribution in [2.45, 2.75) is 83.7 Å². The van der Waals surface area contributed by atoms with Gasteiger partial charge in [-0.3, -0.25) is 4.79 Å². The zero-order valence-corrected chi connectivity index (χ0v) is 18.7. The average Bonchev–Trinajstić information content (AvgIpc) is 2.81. The van der Waals surface area contributed by atoms with Gasteiger partial charge in [-0.25, -0.2) is 17.9 Å². The molecule has 29 heavy (non-hydrogen) atoms. The summed E-state index contributed by atoms with van der Waals surface area (Å²) in [6.07, 6.45) is 6.32. The van der Waals surface area contributed by atoms with Gasteiger partial charge in [0, 0.05) is 24.0 Å². The molecule has 1 aromatic heterocycles. The molecule has 2 N–H and O–H groups in total. The Labute approximate surface area is 173 Å². The van der Waals surface area contributed by atoms with Crippen LogP contribution < -0.4 is 10.0 Å². The lowest BCUT2D eigenvalue weighted by Gasteiger charge is -2.16. The van der Waals surface area contributed by atoms with Gasteiger partial charge in [0.1, 0.15) is 10.5 Å². The number of hydrogen-bond acceptors (Lipinski definition) is 5. The summed E-state index contributed by atoms with van der Waals surface area (Å²) in [6, 6.07) is 0.0924. The molecule has 1 aromatic rings. The van der Waals surface area contributed by atoms with Gasteiger partial charge in [-0.2, -0.15) is 0 Å². The number of nitrogens with zero attached hydrogens (tertiary/aromatic N) is 1. The minimum Gasteiger partial charge on any atom is -0.462 e. The zero-order valence-electron chi connectivity index (χ0n) is 17.8. The molecule has 0 aromatic carbocycles. The summed E-state index contributed by atoms with van der Waals surface area (Å²) in [5.74, 6) is -1.04. The quantitative estimate of drug-likeness (QED) is 0.489. The van der Waals surface area contributed by atoms with E-state index >= 15 is 0 Å². The van der Waals surface area contributed by atoms with Gasteiger partial charge < -0.3 is 14.6 Å². The van der Waals surface area contributed by atoms with Crippen LogP contribution in [-0.2, 0) is 26.1 Å². The van der Waals surface area contributed by atoms with Gasteiger partial charge in [0.25, 0.3) is 0 Å². The maximum Gasteiger partial charge on any atom is 0.341 e. The van der Waals surface area contributed by atoms with Crippen molar-refractivity contribution in [1.29, 1.82) is 0 Å². The first-order chi connectivity index (χ1) is 13.7. The number of esters is 1. The number of carbonyl (C=O) groups is 2. The number of hydrogen-bond donors (Lipinski definition) is 2. The van der Waals surface area contributed by atoms with E-state index in [1.807, 2.05) is 6.92 Å². The van der Waals surface area contributed by atoms with Gasteiger partial charge in [-0.05, 0) is 40.5 Å². The number of sulfonamides is 1. The molecule has 1 heterocycles. The molecule has 1 saturated carbocycles. The summed E-state index contributed by atoms with van der Waals surface area (Å²) in [6.45, 7) is 7.18. The standard InChI is InChI=1S/C20H33N3O5S/c1-5-23-14(3)18(20(25)28-6-2)19(15(23)4)29(26,27)21-13-17(24)22-16-11-9-7-8-10-12-16/h16,21H,5-13H2,1-4H3,(H,22,24). The summed E-state index contributed by atoms with van der Waals surface area (Å²) in [7, 11) is -4.07. The molecule has 1 aliphatic rings. The summed E-state index contributed by atoms with van der Waals surface area (Å²) in [5, 5.41) is 2.92. The predicted octanol–water partition coefficient (Wildman–Crippen LogP) is 2.42. The highest BCUT2D eigenvalue weighted by Gasteiger charge is 2.32. The number of ether oxygens (including phenoxy) is 1. The molecule has 1 aliphatic carbocycles. The average molecular weight is 428 g/mol. The van der Waals surface area contributed by atoms with Crippen molar-refractivity contribution in [2.24, 2.45) is 0 Å². The molecule has 0 bridgehead atoms. The van der Waals surface area contributed by atoms with Crippen molar-refractivity contribution >= 4 is 21.9 Å². The van der Waals surface area contributed by atoms with E-state index in [0.29, 0.717) is 17.9 Å². The van der Waals surface area contributed by atoms with Gasteiger partial charge in [0.15, 0.2) is 0 Å². The third-order valence-corrected chi connectivity index (χ3v) is 7.00. The van der Waals surface area contributed by atoms with E-state index in [0.717, 1.165) is 25.7 Å². The second-order valence-corrected chi connectivity index (χ2v) is 9.12. The third-order valence-electron chi connectivity index (χ3n) is 5.43. The highest BCUT2D eigenvalue weighted by Crippen LogP contribution is 2.27. The summed E-state index contributed by atoms with van der Waals surface area (Å²) >= 11 is 0. The first-order valence-electron chi connectivity index (χ1n) is 10.4. The second kappa shape index (κ2) is 10.2. The fourth-order valence-corrected chi connectivity index (χ4v) is 5.50. The first kappa shape index (κ1) is 23.4. The second-order valence-electron chi connectivity index (χ2n) is 7.42. The molecular formula is C20H33N3O5S. The van der Waals surface area contributed by atoms with Crippen molar-refractivity contribution in [3.63, 3.8) is 0 Å². The Balaban J connectivity index is 2.19. The lowest BCUT2D eigenvalue weighted by atomic mass is 10.1. The van der Waals surface area contributed by atoms with E-state index in [1.165, 1.54) is 12.8 Å². The molecule has 0 saturated heterocycles. The Morgan fingerprint density at radius 1 is 1.07 bits per heavy atom. The zero-order chi connectivity index (χ0) is 21.6. The summed E-state index contributed by atoms with van der Waals surface area (Å²) in [4.78, 5) is 24.6. The van der Waals surface area contributed by atoms with Crippen LogP contribution >= 0.6 is 0 Å². The van der Waals surface area contributed by atoms with Crippen LogP contribution in [0.3, 0.4) is 0 Å². The van der Waals surface area contributed by atoms with Crippen LogP contribution in [-0.4, -0.2) is 44.1 Å². The van der Waals surface area contributed by atoms with Crippen molar-refractivity contribution in [3.05, 3.63) is 17.0 Å². The topological polar surface area (TPSA) is 106 Å². The van der Waals surface area contributed by atoms with E-state index in [-0.39, 0.29) is 35.6 Å². The van der Waals surface area contributed by atoms with Gasteiger partial charge in [0.05, 0.1) is 13.2 Å². The van der Waals surface area contributed by atoms with E-state index in [9.17, 15) is 18.0 Å². The molecule has 2 rings (SSSR count). The number of nitrogens with one attached hydrogen (secondary N) is 2. The maximum atomic E-state index is 13.0. The van der Waals surface area contributed by atoms with Gasteiger partial charge in [-0.15, -0.1) is 0 Å². The Morgan fingerprint density at radius 2 is 1.69 bits per heavy atom. The minimum absolute atomic E-state index is 0.0304. The maximum absolute atomic E-state index is 13.0. The molecule has 0 spiro atoms. The third kappa shape index (κ3) is 5.60. The Kier molecular flexibility index (Phi) is 8.27. The van der Waals surface area contributed by atoms with Crippen LogP contribution in [0.4, 0.5) is 0 Å². The van der Waals surface area contributed by atoms with Crippen molar-refractivity contribution < 1.29 is 22.7 Å². The molecule has 9 heteroatoms. The van der Waals surface area contributed by atoms with Crippen molar-refractivity contribution in [2.75, 3.05) is 13.2 Å². The highest BCUT2D eigenvalue weighted by molar-refractivity contribution is 7.89. The Hall–Kier alpha value is -1.87.